The molecule has 0 radical (unpaired) electrons. The molecule has 0 saturated carbocycles. The lowest BCUT2D eigenvalue weighted by Gasteiger charge is -2.09. The molecular weight excluding hydrogens is 366 g/mol. The van der Waals surface area contributed by atoms with E-state index in [2.05, 4.69) is 54.3 Å². The molecule has 0 aliphatic heterocycles. The highest BCUT2D eigenvalue weighted by Gasteiger charge is 2.11. The third-order valence-electron chi connectivity index (χ3n) is 4.47. The van der Waals surface area contributed by atoms with Gasteiger partial charge < -0.3 is 9.73 Å². The van der Waals surface area contributed by atoms with Crippen LogP contribution in [0.1, 0.15) is 21.6 Å². The van der Waals surface area contributed by atoms with E-state index in [-0.39, 0.29) is 0 Å². The first-order valence-corrected chi connectivity index (χ1v) is 9.52. The minimum absolute atomic E-state index is 0.560. The van der Waals surface area contributed by atoms with Gasteiger partial charge >= 0.3 is 0 Å². The highest BCUT2D eigenvalue weighted by atomic mass is 35.5. The summed E-state index contributed by atoms with van der Waals surface area (Å²) in [7, 11) is 0. The second kappa shape index (κ2) is 6.74. The van der Waals surface area contributed by atoms with Gasteiger partial charge in [-0.15, -0.1) is 11.3 Å². The molecule has 6 heteroatoms. The lowest BCUT2D eigenvalue weighted by molar-refractivity contribution is 0.619. The van der Waals surface area contributed by atoms with Crippen molar-refractivity contribution >= 4 is 39.7 Å². The van der Waals surface area contributed by atoms with E-state index in [4.69, 9.17) is 16.0 Å². The summed E-state index contributed by atoms with van der Waals surface area (Å²) < 4.78 is 6.55. The van der Waals surface area contributed by atoms with Gasteiger partial charge in [0.2, 0.25) is 5.89 Å². The third-order valence-corrected chi connectivity index (χ3v) is 5.58. The number of anilines is 1. The summed E-state index contributed by atoms with van der Waals surface area (Å²) in [6.07, 6.45) is 1.80. The van der Waals surface area contributed by atoms with Crippen LogP contribution in [-0.4, -0.2) is 9.97 Å². The normalized spacial score (nSPS) is 11.2. The van der Waals surface area contributed by atoms with Crippen LogP contribution in [0.3, 0.4) is 0 Å². The van der Waals surface area contributed by atoms with E-state index in [9.17, 15) is 0 Å². The monoisotopic (exact) mass is 383 g/mol. The smallest absolute Gasteiger partial charge is 0.227 e. The molecule has 0 saturated heterocycles. The van der Waals surface area contributed by atoms with Crippen LogP contribution < -0.4 is 5.32 Å². The summed E-state index contributed by atoms with van der Waals surface area (Å²) in [6, 6.07) is 10.3. The number of hydrogen-bond donors (Lipinski definition) is 1. The zero-order valence-corrected chi connectivity index (χ0v) is 16.3. The largest absolute Gasteiger partial charge is 0.436 e. The number of rotatable bonds is 4. The molecule has 0 atom stereocenters. The topological polar surface area (TPSA) is 51.0 Å². The Morgan fingerprint density at radius 2 is 1.88 bits per heavy atom. The van der Waals surface area contributed by atoms with E-state index in [1.807, 2.05) is 12.1 Å². The van der Waals surface area contributed by atoms with Crippen molar-refractivity contribution in [1.82, 2.24) is 9.97 Å². The fraction of sp³-hybridized carbons (Fsp3) is 0.200. The van der Waals surface area contributed by atoms with Crippen LogP contribution in [0.15, 0.2) is 40.9 Å². The predicted molar refractivity (Wildman–Crippen MR) is 108 cm³/mol. The Kier molecular flexibility index (Phi) is 4.42. The Hall–Kier alpha value is -2.37. The molecule has 0 aliphatic rings. The fourth-order valence-corrected chi connectivity index (χ4v) is 3.71. The minimum atomic E-state index is 0.560. The Morgan fingerprint density at radius 1 is 1.08 bits per heavy atom. The Balaban J connectivity index is 1.64. The number of fused-ring (bicyclic) bond motifs is 1. The van der Waals surface area contributed by atoms with Gasteiger partial charge in [0, 0.05) is 22.3 Å². The van der Waals surface area contributed by atoms with Gasteiger partial charge in [0.25, 0.3) is 0 Å². The Morgan fingerprint density at radius 3 is 2.65 bits per heavy atom. The summed E-state index contributed by atoms with van der Waals surface area (Å²) >= 11 is 7.38. The zero-order chi connectivity index (χ0) is 18.3. The van der Waals surface area contributed by atoms with Gasteiger partial charge in [-0.3, -0.25) is 0 Å². The molecule has 0 unspecified atom stereocenters. The maximum Gasteiger partial charge on any atom is 0.227 e. The van der Waals surface area contributed by atoms with Crippen molar-refractivity contribution in [2.24, 2.45) is 0 Å². The number of thiazole rings is 1. The highest BCUT2D eigenvalue weighted by molar-refractivity contribution is 7.15. The standard InChI is InChI=1S/C20H18ClN3OS/c1-11-4-5-14(8-16(11)22-9-15-10-23-20(21)26-15)19-24-17-6-12(2)13(3)7-18(17)25-19/h4-8,10,22H,9H2,1-3H3. The number of aromatic nitrogens is 2. The van der Waals surface area contributed by atoms with Crippen molar-refractivity contribution in [2.45, 2.75) is 27.3 Å². The average molecular weight is 384 g/mol. The number of oxazole rings is 1. The van der Waals surface area contributed by atoms with E-state index in [1.54, 1.807) is 6.20 Å². The molecule has 1 N–H and O–H groups in total. The summed E-state index contributed by atoms with van der Waals surface area (Å²) in [6.45, 7) is 6.92. The molecule has 132 valence electrons. The second-order valence-corrected chi connectivity index (χ2v) is 8.08. The first-order chi connectivity index (χ1) is 12.5. The number of aryl methyl sites for hydroxylation is 3. The minimum Gasteiger partial charge on any atom is -0.436 e. The van der Waals surface area contributed by atoms with Gasteiger partial charge in [0.05, 0.1) is 6.54 Å². The summed E-state index contributed by atoms with van der Waals surface area (Å²) in [4.78, 5) is 9.82. The van der Waals surface area contributed by atoms with Crippen LogP contribution in [0.25, 0.3) is 22.6 Å². The molecule has 0 bridgehead atoms. The first-order valence-electron chi connectivity index (χ1n) is 8.32. The number of halogens is 1. The molecule has 2 aromatic heterocycles. The average Bonchev–Trinajstić information content (AvgIpc) is 3.20. The van der Waals surface area contributed by atoms with E-state index >= 15 is 0 Å². The van der Waals surface area contributed by atoms with Crippen LogP contribution in [0, 0.1) is 20.8 Å². The van der Waals surface area contributed by atoms with Crippen LogP contribution >= 0.6 is 22.9 Å². The Bertz CT molecular complexity index is 1060. The summed E-state index contributed by atoms with van der Waals surface area (Å²) in [5.74, 6) is 0.633. The molecule has 0 fully saturated rings. The quantitative estimate of drug-likeness (QED) is 0.459. The molecule has 26 heavy (non-hydrogen) atoms. The van der Waals surface area contributed by atoms with Crippen LogP contribution in [0.5, 0.6) is 0 Å². The van der Waals surface area contributed by atoms with E-state index in [0.29, 0.717) is 16.9 Å². The Labute approximate surface area is 160 Å². The first kappa shape index (κ1) is 17.1. The molecule has 2 aromatic carbocycles. The summed E-state index contributed by atoms with van der Waals surface area (Å²) in [5, 5.41) is 3.45. The van der Waals surface area contributed by atoms with Gasteiger partial charge in [0.1, 0.15) is 5.52 Å². The van der Waals surface area contributed by atoms with Crippen molar-refractivity contribution in [3.8, 4) is 11.5 Å². The number of nitrogens with zero attached hydrogens (tertiary/aromatic N) is 2. The maximum atomic E-state index is 5.99. The molecule has 0 amide bonds. The number of benzene rings is 2. The van der Waals surface area contributed by atoms with Crippen molar-refractivity contribution < 1.29 is 4.42 Å². The highest BCUT2D eigenvalue weighted by Crippen LogP contribution is 2.29. The lowest BCUT2D eigenvalue weighted by Crippen LogP contribution is -1.99. The predicted octanol–water partition coefficient (Wildman–Crippen LogP) is 6.14. The zero-order valence-electron chi connectivity index (χ0n) is 14.8. The van der Waals surface area contributed by atoms with Gasteiger partial charge in [-0.2, -0.15) is 0 Å². The molecule has 4 nitrogen and oxygen atoms in total. The van der Waals surface area contributed by atoms with Crippen LogP contribution in [0.4, 0.5) is 5.69 Å². The van der Waals surface area contributed by atoms with Gasteiger partial charge in [-0.1, -0.05) is 17.7 Å². The van der Waals surface area contributed by atoms with Crippen molar-refractivity contribution in [3.63, 3.8) is 0 Å². The molecule has 0 aliphatic carbocycles. The van der Waals surface area contributed by atoms with Gasteiger partial charge in [0.15, 0.2) is 10.0 Å². The van der Waals surface area contributed by atoms with E-state index in [0.717, 1.165) is 32.8 Å². The molecule has 2 heterocycles. The van der Waals surface area contributed by atoms with Gasteiger partial charge in [-0.05, 0) is 61.7 Å². The van der Waals surface area contributed by atoms with Crippen LogP contribution in [-0.2, 0) is 6.54 Å². The molecule has 4 aromatic rings. The number of hydrogen-bond acceptors (Lipinski definition) is 5. The van der Waals surface area contributed by atoms with Gasteiger partial charge in [-0.25, -0.2) is 9.97 Å². The summed E-state index contributed by atoms with van der Waals surface area (Å²) in [5.41, 5.74) is 7.28. The third kappa shape index (κ3) is 3.32. The van der Waals surface area contributed by atoms with Crippen molar-refractivity contribution in [2.75, 3.05) is 5.32 Å². The van der Waals surface area contributed by atoms with E-state index in [1.165, 1.54) is 22.5 Å². The SMILES string of the molecule is Cc1cc2nc(-c3ccc(C)c(NCc4cnc(Cl)s4)c3)oc2cc1C. The maximum absolute atomic E-state index is 5.99. The fourth-order valence-electron chi connectivity index (χ4n) is 2.80. The van der Waals surface area contributed by atoms with Crippen LogP contribution in [0.2, 0.25) is 4.47 Å². The molecule has 0 spiro atoms. The second-order valence-electron chi connectivity index (χ2n) is 6.39. The van der Waals surface area contributed by atoms with Crippen molar-refractivity contribution in [3.05, 3.63) is 62.6 Å². The van der Waals surface area contributed by atoms with Crippen molar-refractivity contribution in [1.29, 1.82) is 0 Å². The lowest BCUT2D eigenvalue weighted by atomic mass is 10.1. The number of nitrogens with one attached hydrogen (secondary N) is 1. The molecular formula is C20H18ClN3OS. The van der Waals surface area contributed by atoms with E-state index < -0.39 is 0 Å². The molecule has 4 rings (SSSR count).